The molecule has 0 spiro atoms. The van der Waals surface area contributed by atoms with Gasteiger partial charge >= 0.3 is 0 Å². The zero-order chi connectivity index (χ0) is 18.6. The van der Waals surface area contributed by atoms with Gasteiger partial charge in [-0.15, -0.1) is 0 Å². The van der Waals surface area contributed by atoms with E-state index in [1.165, 1.54) is 16.4 Å². The molecule has 1 N–H and O–H groups in total. The lowest BCUT2D eigenvalue weighted by Crippen LogP contribution is -2.45. The molecular formula is C18H20ClN3O3S. The average molecular weight is 394 g/mol. The first-order valence-electron chi connectivity index (χ1n) is 8.39. The van der Waals surface area contributed by atoms with Crippen molar-refractivity contribution in [2.45, 2.75) is 24.3 Å². The maximum Gasteiger partial charge on any atom is 0.243 e. The van der Waals surface area contributed by atoms with E-state index >= 15 is 0 Å². The largest absolute Gasteiger partial charge is 0.352 e. The van der Waals surface area contributed by atoms with Gasteiger partial charge in [-0.1, -0.05) is 17.7 Å². The Morgan fingerprint density at radius 1 is 1.27 bits per heavy atom. The summed E-state index contributed by atoms with van der Waals surface area (Å²) in [6, 6.07) is 9.77. The number of halogens is 1. The Morgan fingerprint density at radius 3 is 2.73 bits per heavy atom. The van der Waals surface area contributed by atoms with Crippen molar-refractivity contribution < 1.29 is 13.2 Å². The molecule has 2 heterocycles. The van der Waals surface area contributed by atoms with Gasteiger partial charge in [-0.05, 0) is 48.7 Å². The highest BCUT2D eigenvalue weighted by molar-refractivity contribution is 7.89. The molecule has 0 bridgehead atoms. The molecule has 1 aromatic carbocycles. The summed E-state index contributed by atoms with van der Waals surface area (Å²) in [6.07, 6.45) is 4.69. The number of sulfonamides is 1. The monoisotopic (exact) mass is 393 g/mol. The molecule has 138 valence electrons. The minimum atomic E-state index is -3.63. The fraction of sp³-hybridized carbons (Fsp3) is 0.333. The van der Waals surface area contributed by atoms with Crippen molar-refractivity contribution in [3.63, 3.8) is 0 Å². The second-order valence-electron chi connectivity index (χ2n) is 6.24. The molecule has 3 rings (SSSR count). The summed E-state index contributed by atoms with van der Waals surface area (Å²) < 4.78 is 27.0. The highest BCUT2D eigenvalue weighted by Crippen LogP contribution is 2.24. The van der Waals surface area contributed by atoms with E-state index in [9.17, 15) is 13.2 Å². The van der Waals surface area contributed by atoms with Gasteiger partial charge in [0, 0.05) is 37.1 Å². The normalized spacial score (nSPS) is 18.4. The van der Waals surface area contributed by atoms with E-state index in [0.717, 1.165) is 5.56 Å². The number of pyridine rings is 1. The minimum Gasteiger partial charge on any atom is -0.352 e. The number of carbonyl (C=O) groups excluding carboxylic acids is 1. The second-order valence-corrected chi connectivity index (χ2v) is 8.61. The molecule has 1 fully saturated rings. The van der Waals surface area contributed by atoms with Crippen molar-refractivity contribution >= 4 is 27.5 Å². The van der Waals surface area contributed by atoms with Gasteiger partial charge in [-0.3, -0.25) is 9.78 Å². The van der Waals surface area contributed by atoms with Crippen molar-refractivity contribution in [1.82, 2.24) is 14.6 Å². The predicted molar refractivity (Wildman–Crippen MR) is 99.0 cm³/mol. The molecule has 26 heavy (non-hydrogen) atoms. The summed E-state index contributed by atoms with van der Waals surface area (Å²) in [5.41, 5.74) is 0.905. The van der Waals surface area contributed by atoms with Crippen LogP contribution in [-0.4, -0.2) is 36.7 Å². The third-order valence-corrected chi connectivity index (χ3v) is 6.53. The third-order valence-electron chi connectivity index (χ3n) is 4.40. The summed E-state index contributed by atoms with van der Waals surface area (Å²) in [5, 5.41) is 3.35. The number of amides is 1. The van der Waals surface area contributed by atoms with Gasteiger partial charge in [-0.2, -0.15) is 4.31 Å². The maximum atomic E-state index is 12.8. The molecule has 1 aliphatic heterocycles. The molecule has 1 atom stereocenters. The van der Waals surface area contributed by atoms with Crippen molar-refractivity contribution in [2.24, 2.45) is 5.92 Å². The Labute approximate surface area is 158 Å². The summed E-state index contributed by atoms with van der Waals surface area (Å²) in [6.45, 7) is 0.980. The van der Waals surface area contributed by atoms with E-state index in [1.54, 1.807) is 24.5 Å². The zero-order valence-electron chi connectivity index (χ0n) is 14.1. The fourth-order valence-electron chi connectivity index (χ4n) is 2.97. The predicted octanol–water partition coefficient (Wildman–Crippen LogP) is 2.45. The number of nitrogens with one attached hydrogen (secondary N) is 1. The van der Waals surface area contributed by atoms with Gasteiger partial charge in [0.1, 0.15) is 0 Å². The van der Waals surface area contributed by atoms with E-state index in [0.29, 0.717) is 31.0 Å². The number of benzene rings is 1. The molecule has 0 unspecified atom stereocenters. The summed E-state index contributed by atoms with van der Waals surface area (Å²) >= 11 is 5.83. The number of aromatic nitrogens is 1. The quantitative estimate of drug-likeness (QED) is 0.846. The Hall–Kier alpha value is -1.96. The van der Waals surface area contributed by atoms with Crippen LogP contribution in [0.25, 0.3) is 0 Å². The first kappa shape index (κ1) is 18.8. The second kappa shape index (κ2) is 8.16. The van der Waals surface area contributed by atoms with Crippen molar-refractivity contribution in [3.05, 3.63) is 59.4 Å². The summed E-state index contributed by atoms with van der Waals surface area (Å²) in [7, 11) is -3.63. The molecule has 0 aliphatic carbocycles. The molecular weight excluding hydrogens is 374 g/mol. The molecule has 2 aromatic rings. The number of rotatable bonds is 5. The Kier molecular flexibility index (Phi) is 5.90. The smallest absolute Gasteiger partial charge is 0.243 e. The molecule has 0 saturated carbocycles. The van der Waals surface area contributed by atoms with E-state index < -0.39 is 10.0 Å². The fourth-order valence-corrected chi connectivity index (χ4v) is 4.62. The van der Waals surface area contributed by atoms with Crippen molar-refractivity contribution in [1.29, 1.82) is 0 Å². The lowest BCUT2D eigenvalue weighted by Gasteiger charge is -2.31. The molecule has 0 radical (unpaired) electrons. The minimum absolute atomic E-state index is 0.134. The van der Waals surface area contributed by atoms with Crippen LogP contribution in [0.3, 0.4) is 0 Å². The van der Waals surface area contributed by atoms with Gasteiger partial charge < -0.3 is 5.32 Å². The highest BCUT2D eigenvalue weighted by atomic mass is 35.5. The van der Waals surface area contributed by atoms with Crippen molar-refractivity contribution in [3.8, 4) is 0 Å². The van der Waals surface area contributed by atoms with Gasteiger partial charge in [0.2, 0.25) is 15.9 Å². The maximum absolute atomic E-state index is 12.8. The van der Waals surface area contributed by atoms with E-state index in [1.807, 2.05) is 12.1 Å². The van der Waals surface area contributed by atoms with Crippen LogP contribution in [0, 0.1) is 5.92 Å². The van der Waals surface area contributed by atoms with Gasteiger partial charge in [0.05, 0.1) is 10.8 Å². The van der Waals surface area contributed by atoms with E-state index in [2.05, 4.69) is 10.3 Å². The van der Waals surface area contributed by atoms with Crippen LogP contribution in [0.5, 0.6) is 0 Å². The molecule has 1 saturated heterocycles. The number of carbonyl (C=O) groups is 1. The van der Waals surface area contributed by atoms with Gasteiger partial charge in [0.25, 0.3) is 0 Å². The topological polar surface area (TPSA) is 79.4 Å². The van der Waals surface area contributed by atoms with Crippen LogP contribution in [0.15, 0.2) is 53.7 Å². The van der Waals surface area contributed by atoms with Crippen LogP contribution in [-0.2, 0) is 21.4 Å². The van der Waals surface area contributed by atoms with Crippen LogP contribution in [0.1, 0.15) is 18.4 Å². The number of nitrogens with zero attached hydrogens (tertiary/aromatic N) is 2. The summed E-state index contributed by atoms with van der Waals surface area (Å²) in [4.78, 5) is 16.7. The first-order chi connectivity index (χ1) is 12.5. The summed E-state index contributed by atoms with van der Waals surface area (Å²) in [5.74, 6) is -0.493. The third kappa shape index (κ3) is 4.41. The molecule has 1 aliphatic rings. The van der Waals surface area contributed by atoms with Crippen LogP contribution in [0.4, 0.5) is 0 Å². The molecule has 1 amide bonds. The molecule has 8 heteroatoms. The van der Waals surface area contributed by atoms with E-state index in [-0.39, 0.29) is 23.3 Å². The molecule has 6 nitrogen and oxygen atoms in total. The highest BCUT2D eigenvalue weighted by Gasteiger charge is 2.33. The molecule has 1 aromatic heterocycles. The SMILES string of the molecule is O=C(NCc1cccnc1)[C@@H]1CCCN(S(=O)(=O)c2ccc(Cl)cc2)C1. The Balaban J connectivity index is 1.64. The number of hydrogen-bond donors (Lipinski definition) is 1. The van der Waals surface area contributed by atoms with E-state index in [4.69, 9.17) is 11.6 Å². The van der Waals surface area contributed by atoms with Crippen LogP contribution >= 0.6 is 11.6 Å². The standard InChI is InChI=1S/C18H20ClN3O3S/c19-16-5-7-17(8-6-16)26(24,25)22-10-2-4-15(13-22)18(23)21-12-14-3-1-9-20-11-14/h1,3,5-9,11,15H,2,4,10,12-13H2,(H,21,23)/t15-/m1/s1. The Bertz CT molecular complexity index is 857. The number of piperidine rings is 1. The lowest BCUT2D eigenvalue weighted by atomic mass is 9.99. The van der Waals surface area contributed by atoms with Crippen molar-refractivity contribution in [2.75, 3.05) is 13.1 Å². The van der Waals surface area contributed by atoms with Gasteiger partial charge in [0.15, 0.2) is 0 Å². The van der Waals surface area contributed by atoms with Crippen LogP contribution in [0.2, 0.25) is 5.02 Å². The number of hydrogen-bond acceptors (Lipinski definition) is 4. The average Bonchev–Trinajstić information content (AvgIpc) is 2.67. The van der Waals surface area contributed by atoms with Gasteiger partial charge in [-0.25, -0.2) is 8.42 Å². The zero-order valence-corrected chi connectivity index (χ0v) is 15.7. The first-order valence-corrected chi connectivity index (χ1v) is 10.2. The lowest BCUT2D eigenvalue weighted by molar-refractivity contribution is -0.126. The Morgan fingerprint density at radius 2 is 2.04 bits per heavy atom. The van der Waals surface area contributed by atoms with Crippen LogP contribution < -0.4 is 5.32 Å².